The molecule has 2 heterocycles. The third-order valence-corrected chi connectivity index (χ3v) is 4.18. The molecule has 114 valence electrons. The topological polar surface area (TPSA) is 64.9 Å². The number of H-pyrrole nitrogens is 1. The number of rotatable bonds is 4. The van der Waals surface area contributed by atoms with Gasteiger partial charge < -0.3 is 4.74 Å². The van der Waals surface area contributed by atoms with Gasteiger partial charge in [0.1, 0.15) is 5.75 Å². The lowest BCUT2D eigenvalue weighted by Crippen LogP contribution is -2.34. The first-order valence-electron chi connectivity index (χ1n) is 7.59. The molecule has 2 aromatic rings. The predicted molar refractivity (Wildman–Crippen MR) is 84.2 cm³/mol. The molecule has 0 unspecified atom stereocenters. The first-order chi connectivity index (χ1) is 10.8. The number of methoxy groups -OCH3 is 1. The highest BCUT2D eigenvalue weighted by Crippen LogP contribution is 2.26. The Labute approximate surface area is 130 Å². The van der Waals surface area contributed by atoms with Crippen molar-refractivity contribution in [2.24, 2.45) is 5.92 Å². The van der Waals surface area contributed by atoms with E-state index in [4.69, 9.17) is 10.00 Å². The van der Waals surface area contributed by atoms with E-state index in [1.54, 1.807) is 7.11 Å². The number of nitriles is 1. The van der Waals surface area contributed by atoms with Crippen LogP contribution in [-0.2, 0) is 6.54 Å². The van der Waals surface area contributed by atoms with Crippen molar-refractivity contribution in [3.8, 4) is 23.1 Å². The van der Waals surface area contributed by atoms with Crippen molar-refractivity contribution in [3.05, 3.63) is 36.0 Å². The maximum absolute atomic E-state index is 9.11. The molecule has 22 heavy (non-hydrogen) atoms. The van der Waals surface area contributed by atoms with Crippen molar-refractivity contribution in [2.45, 2.75) is 19.4 Å². The third kappa shape index (κ3) is 3.12. The molecule has 5 heteroatoms. The maximum Gasteiger partial charge on any atom is 0.118 e. The van der Waals surface area contributed by atoms with E-state index in [1.807, 2.05) is 30.5 Å². The van der Waals surface area contributed by atoms with Crippen LogP contribution in [0.1, 0.15) is 18.4 Å². The first kappa shape index (κ1) is 14.6. The van der Waals surface area contributed by atoms with Crippen LogP contribution in [0.5, 0.6) is 5.75 Å². The second kappa shape index (κ2) is 6.63. The molecular weight excluding hydrogens is 276 g/mol. The zero-order valence-corrected chi connectivity index (χ0v) is 12.7. The van der Waals surface area contributed by atoms with Gasteiger partial charge in [-0.3, -0.25) is 10.00 Å². The summed E-state index contributed by atoms with van der Waals surface area (Å²) in [4.78, 5) is 2.34. The lowest BCUT2D eigenvalue weighted by molar-refractivity contribution is 0.192. The van der Waals surface area contributed by atoms with Gasteiger partial charge in [-0.2, -0.15) is 10.4 Å². The van der Waals surface area contributed by atoms with Gasteiger partial charge in [-0.05, 0) is 43.7 Å². The van der Waals surface area contributed by atoms with Crippen molar-refractivity contribution in [1.82, 2.24) is 15.1 Å². The van der Waals surface area contributed by atoms with Gasteiger partial charge in [-0.15, -0.1) is 0 Å². The monoisotopic (exact) mass is 296 g/mol. The lowest BCUT2D eigenvalue weighted by Gasteiger charge is -2.29. The number of hydrogen-bond donors (Lipinski definition) is 1. The Morgan fingerprint density at radius 3 is 2.95 bits per heavy atom. The molecule has 0 saturated carbocycles. The van der Waals surface area contributed by atoms with Gasteiger partial charge >= 0.3 is 0 Å². The smallest absolute Gasteiger partial charge is 0.118 e. The Bertz CT molecular complexity index is 656. The molecule has 1 atom stereocenters. The molecule has 5 nitrogen and oxygen atoms in total. The van der Waals surface area contributed by atoms with Crippen LogP contribution in [0.3, 0.4) is 0 Å². The highest BCUT2D eigenvalue weighted by molar-refractivity contribution is 5.63. The van der Waals surface area contributed by atoms with Gasteiger partial charge in [0.2, 0.25) is 0 Å². The number of aromatic nitrogens is 2. The van der Waals surface area contributed by atoms with Gasteiger partial charge in [0.05, 0.1) is 31.0 Å². The van der Waals surface area contributed by atoms with Crippen molar-refractivity contribution >= 4 is 0 Å². The molecule has 0 spiro atoms. The fraction of sp³-hybridized carbons (Fsp3) is 0.412. The van der Waals surface area contributed by atoms with Crippen LogP contribution >= 0.6 is 0 Å². The molecule has 1 aromatic carbocycles. The van der Waals surface area contributed by atoms with Crippen molar-refractivity contribution in [1.29, 1.82) is 5.26 Å². The summed E-state index contributed by atoms with van der Waals surface area (Å²) in [6, 6.07) is 10.4. The quantitative estimate of drug-likeness (QED) is 0.942. The highest BCUT2D eigenvalue weighted by Gasteiger charge is 2.21. The fourth-order valence-electron chi connectivity index (χ4n) is 2.98. The van der Waals surface area contributed by atoms with Gasteiger partial charge in [0.15, 0.2) is 0 Å². The lowest BCUT2D eigenvalue weighted by atomic mass is 9.99. The Hall–Kier alpha value is -2.32. The van der Waals surface area contributed by atoms with Crippen LogP contribution in [-0.4, -0.2) is 35.3 Å². The fourth-order valence-corrected chi connectivity index (χ4v) is 2.98. The van der Waals surface area contributed by atoms with E-state index in [-0.39, 0.29) is 5.92 Å². The standard InChI is InChI=1S/C17H20N4O/c1-22-16-6-4-14(5-7-16)17-15(10-19-20-17)12-21-8-2-3-13(9-18)11-21/h4-7,10,13H,2-3,8,11-12H2,1H3,(H,19,20)/t13-/m0/s1. The Kier molecular flexibility index (Phi) is 4.40. The summed E-state index contributed by atoms with van der Waals surface area (Å²) >= 11 is 0. The molecule has 1 aromatic heterocycles. The summed E-state index contributed by atoms with van der Waals surface area (Å²) in [5.41, 5.74) is 3.31. The minimum atomic E-state index is 0.157. The molecule has 3 rings (SSSR count). The number of hydrogen-bond acceptors (Lipinski definition) is 4. The molecule has 1 aliphatic heterocycles. The number of ether oxygens (including phenoxy) is 1. The van der Waals surface area contributed by atoms with E-state index in [9.17, 15) is 0 Å². The van der Waals surface area contributed by atoms with E-state index in [2.05, 4.69) is 21.2 Å². The van der Waals surface area contributed by atoms with Crippen molar-refractivity contribution < 1.29 is 4.74 Å². The second-order valence-corrected chi connectivity index (χ2v) is 5.70. The summed E-state index contributed by atoms with van der Waals surface area (Å²) in [5, 5.41) is 16.4. The van der Waals surface area contributed by atoms with Gasteiger partial charge in [0, 0.05) is 24.2 Å². The molecule has 0 aliphatic carbocycles. The van der Waals surface area contributed by atoms with Crippen LogP contribution in [0.4, 0.5) is 0 Å². The van der Waals surface area contributed by atoms with E-state index < -0.39 is 0 Å². The van der Waals surface area contributed by atoms with Gasteiger partial charge in [-0.25, -0.2) is 0 Å². The zero-order valence-electron chi connectivity index (χ0n) is 12.7. The largest absolute Gasteiger partial charge is 0.497 e. The number of nitrogens with one attached hydrogen (secondary N) is 1. The summed E-state index contributed by atoms with van der Waals surface area (Å²) in [6.07, 6.45) is 3.99. The Balaban J connectivity index is 1.75. The average Bonchev–Trinajstić information content (AvgIpc) is 3.03. The SMILES string of the molecule is COc1ccc(-c2[nH]ncc2CN2CCC[C@@H](C#N)C2)cc1. The number of aromatic amines is 1. The summed E-state index contributed by atoms with van der Waals surface area (Å²) < 4.78 is 5.20. The van der Waals surface area contributed by atoms with Crippen LogP contribution in [0, 0.1) is 17.2 Å². The summed E-state index contributed by atoms with van der Waals surface area (Å²) in [7, 11) is 1.67. The third-order valence-electron chi connectivity index (χ3n) is 4.18. The molecule has 0 bridgehead atoms. The minimum Gasteiger partial charge on any atom is -0.497 e. The molecule has 1 saturated heterocycles. The minimum absolute atomic E-state index is 0.157. The number of benzene rings is 1. The highest BCUT2D eigenvalue weighted by atomic mass is 16.5. The van der Waals surface area contributed by atoms with E-state index in [0.29, 0.717) is 0 Å². The summed E-state index contributed by atoms with van der Waals surface area (Å²) in [5.74, 6) is 1.00. The normalized spacial score (nSPS) is 18.8. The maximum atomic E-state index is 9.11. The van der Waals surface area contributed by atoms with Crippen LogP contribution in [0.2, 0.25) is 0 Å². The van der Waals surface area contributed by atoms with Crippen molar-refractivity contribution in [2.75, 3.05) is 20.2 Å². The molecule has 1 aliphatic rings. The Morgan fingerprint density at radius 1 is 1.41 bits per heavy atom. The molecule has 1 fully saturated rings. The van der Waals surface area contributed by atoms with Crippen LogP contribution < -0.4 is 4.74 Å². The number of piperidine rings is 1. The van der Waals surface area contributed by atoms with E-state index >= 15 is 0 Å². The zero-order chi connectivity index (χ0) is 15.4. The van der Waals surface area contributed by atoms with Gasteiger partial charge in [0.25, 0.3) is 0 Å². The summed E-state index contributed by atoms with van der Waals surface area (Å²) in [6.45, 7) is 2.73. The van der Waals surface area contributed by atoms with E-state index in [0.717, 1.165) is 49.5 Å². The number of likely N-dealkylation sites (tertiary alicyclic amines) is 1. The predicted octanol–water partition coefficient (Wildman–Crippen LogP) is 2.82. The van der Waals surface area contributed by atoms with Crippen LogP contribution in [0.15, 0.2) is 30.5 Å². The van der Waals surface area contributed by atoms with E-state index in [1.165, 1.54) is 5.56 Å². The van der Waals surface area contributed by atoms with Crippen molar-refractivity contribution in [3.63, 3.8) is 0 Å². The molecular formula is C17H20N4O. The Morgan fingerprint density at radius 2 is 2.23 bits per heavy atom. The van der Waals surface area contributed by atoms with Gasteiger partial charge in [-0.1, -0.05) is 0 Å². The average molecular weight is 296 g/mol. The molecule has 0 radical (unpaired) electrons. The second-order valence-electron chi connectivity index (χ2n) is 5.70. The van der Waals surface area contributed by atoms with Crippen LogP contribution in [0.25, 0.3) is 11.3 Å². The molecule has 0 amide bonds. The first-order valence-corrected chi connectivity index (χ1v) is 7.59. The molecule has 1 N–H and O–H groups in total. The number of nitrogens with zero attached hydrogens (tertiary/aromatic N) is 3.